The van der Waals surface area contributed by atoms with Crippen LogP contribution in [0, 0.1) is 12.8 Å². The van der Waals surface area contributed by atoms with E-state index in [0.717, 1.165) is 0 Å². The fraction of sp³-hybridized carbons (Fsp3) is 0.964. The predicted molar refractivity (Wildman–Crippen MR) is 156 cm³/mol. The van der Waals surface area contributed by atoms with Crippen molar-refractivity contribution in [3.63, 3.8) is 0 Å². The average Bonchev–Trinajstić information content (AvgIpc) is 3.23. The van der Waals surface area contributed by atoms with E-state index in [1.807, 2.05) is 0 Å². The van der Waals surface area contributed by atoms with Gasteiger partial charge in [0.2, 0.25) is 0 Å². The summed E-state index contributed by atoms with van der Waals surface area (Å²) >= 11 is 0. The Morgan fingerprint density at radius 1 is 0.718 bits per heavy atom. The molecule has 0 aromatic rings. The number of hydrogen-bond acceptors (Lipinski definition) is 3. The van der Waals surface area contributed by atoms with E-state index in [4.69, 9.17) is 17.4 Å². The zero-order valence-corrected chi connectivity index (χ0v) is 28.0. The number of rotatable bonds is 5. The fourth-order valence-electron chi connectivity index (χ4n) is 6.64. The molecule has 4 aliphatic carbocycles. The van der Waals surface area contributed by atoms with E-state index in [0.29, 0.717) is 19.9 Å². The van der Waals surface area contributed by atoms with Gasteiger partial charge in [-0.1, -0.05) is 78.6 Å². The van der Waals surface area contributed by atoms with Crippen molar-refractivity contribution in [1.29, 1.82) is 0 Å². The van der Waals surface area contributed by atoms with Crippen molar-refractivity contribution in [2.75, 3.05) is 0 Å². The second-order valence-electron chi connectivity index (χ2n) is 12.7. The van der Waals surface area contributed by atoms with Crippen LogP contribution in [0.4, 0.5) is 13.2 Å². The van der Waals surface area contributed by atoms with Crippen LogP contribution in [0.1, 0.15) is 116 Å². The number of hydrogen-bond donors (Lipinski definition) is 1. The van der Waals surface area contributed by atoms with Crippen molar-refractivity contribution in [3.8, 4) is 0 Å². The summed E-state index contributed by atoms with van der Waals surface area (Å²) < 4.78 is 63.5. The smallest absolute Gasteiger partial charge is 0.417 e. The van der Waals surface area contributed by atoms with Gasteiger partial charge in [-0.05, 0) is 81.6 Å². The Balaban J connectivity index is 0.000000325. The van der Waals surface area contributed by atoms with Crippen LogP contribution in [0.3, 0.4) is 0 Å². The van der Waals surface area contributed by atoms with Crippen molar-refractivity contribution < 1.29 is 47.1 Å². The average molecular weight is 661 g/mol. The summed E-state index contributed by atoms with van der Waals surface area (Å²) in [6.07, 6.45) is 27.9. The molecule has 236 valence electrons. The topological polar surface area (TPSA) is 63.6 Å². The summed E-state index contributed by atoms with van der Waals surface area (Å²) in [5, 5.41) is 0. The van der Waals surface area contributed by atoms with Crippen LogP contribution in [-0.4, -0.2) is 49.9 Å². The molecule has 0 heterocycles. The molecule has 39 heavy (non-hydrogen) atoms. The largest absolute Gasteiger partial charge is 0.522 e. The first-order valence-corrected chi connectivity index (χ1v) is 21.4. The molecular formula is C28H53F3NiO4PSSi-. The summed E-state index contributed by atoms with van der Waals surface area (Å²) in [5.41, 5.74) is -1.97. The second kappa shape index (κ2) is 17.8. The monoisotopic (exact) mass is 659 g/mol. The van der Waals surface area contributed by atoms with Crippen LogP contribution in [-0.2, 0) is 31.0 Å². The Morgan fingerprint density at radius 2 is 1.05 bits per heavy atom. The van der Waals surface area contributed by atoms with E-state index >= 15 is 0 Å². The van der Waals surface area contributed by atoms with Crippen LogP contribution in [0.15, 0.2) is 0 Å². The fourth-order valence-corrected chi connectivity index (χ4v) is 12.5. The van der Waals surface area contributed by atoms with Crippen LogP contribution >= 0.6 is 7.92 Å². The molecule has 2 atom stereocenters. The van der Waals surface area contributed by atoms with Gasteiger partial charge in [-0.15, -0.1) is 5.92 Å². The molecule has 4 fully saturated rings. The maximum Gasteiger partial charge on any atom is 0.522 e. The second-order valence-corrected chi connectivity index (χ2v) is 21.7. The Labute approximate surface area is 249 Å². The van der Waals surface area contributed by atoms with Crippen molar-refractivity contribution in [3.05, 3.63) is 6.92 Å². The molecule has 4 nitrogen and oxygen atoms in total. The molecule has 0 aliphatic heterocycles. The van der Waals surface area contributed by atoms with Crippen LogP contribution in [0.25, 0.3) is 0 Å². The molecule has 0 radical (unpaired) electrons. The van der Waals surface area contributed by atoms with Gasteiger partial charge in [0.15, 0.2) is 8.32 Å². The quantitative estimate of drug-likeness (QED) is 0.105. The van der Waals surface area contributed by atoms with E-state index in [9.17, 15) is 13.2 Å². The normalized spacial score (nSPS) is 26.2. The first kappa shape index (κ1) is 37.8. The van der Waals surface area contributed by atoms with E-state index < -0.39 is 23.9 Å². The van der Waals surface area contributed by atoms with Crippen molar-refractivity contribution in [2.24, 2.45) is 5.92 Å². The summed E-state index contributed by atoms with van der Waals surface area (Å²) in [5.74, 6) is 0.557. The van der Waals surface area contributed by atoms with E-state index in [1.54, 1.807) is 77.0 Å². The molecule has 11 heteroatoms. The van der Waals surface area contributed by atoms with Crippen LogP contribution in [0.2, 0.25) is 19.6 Å². The molecule has 0 amide bonds. The molecule has 0 aromatic heterocycles. The van der Waals surface area contributed by atoms with Crippen LogP contribution in [0.5, 0.6) is 0 Å². The van der Waals surface area contributed by atoms with Gasteiger partial charge in [-0.2, -0.15) is 21.6 Å². The Kier molecular flexibility index (Phi) is 17.3. The molecular weight excluding hydrogens is 607 g/mol. The standard InChI is InChI=1S/C18H33P.C9H19OSi.CHF3O3S.Ni/c1-4-10-16(11-5-1)19(17-12-6-2-7-13-17)18-14-8-3-9-15-18;1-8-6-5-7-9(8)10-11(2,3)4;2-1(3,4)8(5,6)7;/h16-18H,1-15H2;8-9H,1,5-7H2,2-4H3;(H,5,6,7);/q;-1;;/t;8-,9+;;/m.0../s1. The van der Waals surface area contributed by atoms with Gasteiger partial charge in [0.05, 0.1) is 0 Å². The van der Waals surface area contributed by atoms with Gasteiger partial charge < -0.3 is 11.3 Å². The zero-order chi connectivity index (χ0) is 28.4. The molecule has 4 rings (SSSR count). The Hall–Kier alpha value is 0.800. The minimum atomic E-state index is -5.84. The van der Waals surface area contributed by atoms with Gasteiger partial charge in [0, 0.05) is 22.6 Å². The molecule has 0 bridgehead atoms. The zero-order valence-electron chi connectivity index (χ0n) is 24.3. The van der Waals surface area contributed by atoms with E-state index in [2.05, 4.69) is 26.6 Å². The van der Waals surface area contributed by atoms with Crippen molar-refractivity contribution in [2.45, 2.75) is 164 Å². The predicted octanol–water partition coefficient (Wildman–Crippen LogP) is 9.70. The van der Waals surface area contributed by atoms with E-state index in [1.165, 1.54) is 55.5 Å². The summed E-state index contributed by atoms with van der Waals surface area (Å²) in [4.78, 5) is 0. The molecule has 4 saturated carbocycles. The summed E-state index contributed by atoms with van der Waals surface area (Å²) in [7, 11) is -6.76. The third-order valence-corrected chi connectivity index (χ3v) is 14.0. The van der Waals surface area contributed by atoms with E-state index in [-0.39, 0.29) is 16.5 Å². The van der Waals surface area contributed by atoms with Gasteiger partial charge in [0.1, 0.15) is 0 Å². The first-order chi connectivity index (χ1) is 17.7. The molecule has 0 unspecified atom stereocenters. The molecule has 0 saturated heterocycles. The SMILES string of the molecule is C1CCC(P(C2CCCCC2)C2CCCCC2)CC1.O=S(=O)(O)C(F)(F)F.[CH2-][C@H]1CCC[C@H]1O[Si](C)(C)C.[Ni]. The molecule has 4 aliphatic rings. The van der Waals surface area contributed by atoms with Gasteiger partial charge >= 0.3 is 15.6 Å². The maximum atomic E-state index is 10.7. The Bertz CT molecular complexity index is 721. The number of alkyl halides is 3. The summed E-state index contributed by atoms with van der Waals surface area (Å²) in [6.45, 7) is 10.8. The van der Waals surface area contributed by atoms with Gasteiger partial charge in [0.25, 0.3) is 0 Å². The van der Waals surface area contributed by atoms with Crippen LogP contribution < -0.4 is 0 Å². The maximum absolute atomic E-state index is 10.7. The van der Waals surface area contributed by atoms with Gasteiger partial charge in [-0.25, -0.2) is 0 Å². The van der Waals surface area contributed by atoms with Gasteiger partial charge in [-0.3, -0.25) is 4.55 Å². The molecule has 0 spiro atoms. The summed E-state index contributed by atoms with van der Waals surface area (Å²) in [6, 6.07) is 0. The Morgan fingerprint density at radius 3 is 1.28 bits per heavy atom. The third kappa shape index (κ3) is 14.2. The van der Waals surface area contributed by atoms with Crippen molar-refractivity contribution in [1.82, 2.24) is 0 Å². The molecule has 1 N–H and O–H groups in total. The van der Waals surface area contributed by atoms with Crippen molar-refractivity contribution >= 4 is 26.4 Å². The first-order valence-electron chi connectivity index (χ1n) is 15.0. The minimum absolute atomic E-state index is 0. The number of halogens is 3. The molecule has 0 aromatic carbocycles. The minimum Gasteiger partial charge on any atom is -0.417 e. The third-order valence-electron chi connectivity index (χ3n) is 8.38.